The fourth-order valence-electron chi connectivity index (χ4n) is 4.66. The predicted octanol–water partition coefficient (Wildman–Crippen LogP) is 1.92. The summed E-state index contributed by atoms with van der Waals surface area (Å²) >= 11 is 0. The summed E-state index contributed by atoms with van der Waals surface area (Å²) in [7, 11) is 1.87. The first kappa shape index (κ1) is 15.2. The van der Waals surface area contributed by atoms with Gasteiger partial charge >= 0.3 is 0 Å². The molecule has 0 unspecified atom stereocenters. The Labute approximate surface area is 137 Å². The number of carbonyl (C=O) groups excluding carboxylic acids is 1. The van der Waals surface area contributed by atoms with Gasteiger partial charge in [0.05, 0.1) is 17.8 Å². The van der Waals surface area contributed by atoms with Gasteiger partial charge in [-0.1, -0.05) is 13.8 Å². The lowest BCUT2D eigenvalue weighted by atomic mass is 9.75. The largest absolute Gasteiger partial charge is 0.387 e. The van der Waals surface area contributed by atoms with Gasteiger partial charge in [0.25, 0.3) is 5.91 Å². The van der Waals surface area contributed by atoms with Crippen molar-refractivity contribution >= 4 is 5.91 Å². The Bertz CT molecular complexity index is 659. The van der Waals surface area contributed by atoms with Crippen LogP contribution in [0, 0.1) is 11.3 Å². The van der Waals surface area contributed by atoms with Crippen molar-refractivity contribution in [3.8, 4) is 0 Å². The molecule has 1 saturated heterocycles. The van der Waals surface area contributed by atoms with Crippen molar-refractivity contribution in [2.45, 2.75) is 58.0 Å². The van der Waals surface area contributed by atoms with Crippen LogP contribution < -0.4 is 0 Å². The van der Waals surface area contributed by atoms with E-state index in [4.69, 9.17) is 0 Å². The summed E-state index contributed by atoms with van der Waals surface area (Å²) in [4.78, 5) is 15.0. The van der Waals surface area contributed by atoms with Crippen molar-refractivity contribution in [3.05, 3.63) is 17.0 Å². The van der Waals surface area contributed by atoms with Crippen LogP contribution in [0.25, 0.3) is 0 Å². The zero-order chi connectivity index (χ0) is 16.4. The van der Waals surface area contributed by atoms with Crippen LogP contribution in [-0.4, -0.2) is 44.4 Å². The molecule has 0 spiro atoms. The number of β-amino-alcohol motifs (C(OH)–C–C–N with tert-alkyl or cyclic N) is 1. The number of hydrogen-bond donors (Lipinski definition) is 1. The van der Waals surface area contributed by atoms with Crippen LogP contribution in [0.2, 0.25) is 0 Å². The highest BCUT2D eigenvalue weighted by molar-refractivity contribution is 5.94. The van der Waals surface area contributed by atoms with Crippen LogP contribution in [0.15, 0.2) is 0 Å². The zero-order valence-electron chi connectivity index (χ0n) is 14.4. The number of aliphatic hydroxyl groups is 1. The van der Waals surface area contributed by atoms with Gasteiger partial charge in [-0.05, 0) is 44.4 Å². The van der Waals surface area contributed by atoms with Crippen molar-refractivity contribution in [2.75, 3.05) is 13.1 Å². The highest BCUT2D eigenvalue weighted by Gasteiger charge is 2.59. The van der Waals surface area contributed by atoms with Crippen molar-refractivity contribution in [2.24, 2.45) is 18.4 Å². The van der Waals surface area contributed by atoms with E-state index in [0.29, 0.717) is 19.0 Å². The number of likely N-dealkylation sites (tertiary alicyclic amines) is 1. The van der Waals surface area contributed by atoms with Crippen LogP contribution in [0.3, 0.4) is 0 Å². The number of fused-ring (bicyclic) bond motifs is 1. The molecule has 5 nitrogen and oxygen atoms in total. The van der Waals surface area contributed by atoms with E-state index in [1.807, 2.05) is 11.9 Å². The lowest BCUT2D eigenvalue weighted by molar-refractivity contribution is -0.0481. The molecule has 1 aromatic rings. The monoisotopic (exact) mass is 317 g/mol. The first-order chi connectivity index (χ1) is 10.8. The molecule has 1 aliphatic heterocycles. The number of nitrogens with zero attached hydrogens (tertiary/aromatic N) is 3. The molecule has 2 fully saturated rings. The van der Waals surface area contributed by atoms with Crippen LogP contribution in [0.1, 0.15) is 61.3 Å². The number of amides is 1. The molecular formula is C18H27N3O2. The van der Waals surface area contributed by atoms with Crippen LogP contribution in [-0.2, 0) is 19.9 Å². The zero-order valence-corrected chi connectivity index (χ0v) is 14.4. The first-order valence-electron chi connectivity index (χ1n) is 8.90. The second-order valence-electron chi connectivity index (χ2n) is 8.35. The van der Waals surface area contributed by atoms with Crippen molar-refractivity contribution < 1.29 is 9.90 Å². The third-order valence-electron chi connectivity index (χ3n) is 6.25. The Morgan fingerprint density at radius 3 is 2.61 bits per heavy atom. The van der Waals surface area contributed by atoms with Gasteiger partial charge in [0.15, 0.2) is 0 Å². The summed E-state index contributed by atoms with van der Waals surface area (Å²) in [6.07, 6.45) is 6.40. The van der Waals surface area contributed by atoms with Crippen LogP contribution in [0.4, 0.5) is 0 Å². The molecule has 2 aliphatic carbocycles. The Hall–Kier alpha value is -1.36. The van der Waals surface area contributed by atoms with Crippen LogP contribution in [0.5, 0.6) is 0 Å². The molecule has 1 atom stereocenters. The fraction of sp³-hybridized carbons (Fsp3) is 0.778. The molecular weight excluding hydrogens is 290 g/mol. The molecule has 1 amide bonds. The molecule has 0 radical (unpaired) electrons. The standard InChI is InChI=1S/C18H27N3O2/c1-17(2)10-21(11-18(17,23)12-8-9-12)16(22)15-13-6-4-5-7-14(13)19-20(15)3/h12,23H,4-11H2,1-3H3/t18-/m1/s1. The summed E-state index contributed by atoms with van der Waals surface area (Å²) in [6, 6.07) is 0. The molecule has 126 valence electrons. The van der Waals surface area contributed by atoms with Gasteiger partial charge < -0.3 is 10.0 Å². The highest BCUT2D eigenvalue weighted by atomic mass is 16.3. The second-order valence-corrected chi connectivity index (χ2v) is 8.35. The number of carbonyl (C=O) groups is 1. The average Bonchev–Trinajstić information content (AvgIpc) is 3.24. The summed E-state index contributed by atoms with van der Waals surface area (Å²) in [5.41, 5.74) is 2.00. The third kappa shape index (κ3) is 2.16. The molecule has 3 aliphatic rings. The SMILES string of the molecule is Cn1nc2c(c1C(=O)N1CC(C)(C)[C@](O)(C3CC3)C1)CCCC2. The maximum Gasteiger partial charge on any atom is 0.272 e. The molecule has 0 bridgehead atoms. The third-order valence-corrected chi connectivity index (χ3v) is 6.25. The van der Waals surface area contributed by atoms with Gasteiger partial charge in [-0.25, -0.2) is 0 Å². The average molecular weight is 317 g/mol. The van der Waals surface area contributed by atoms with Gasteiger partial charge in [0, 0.05) is 24.6 Å². The van der Waals surface area contributed by atoms with Crippen molar-refractivity contribution in [1.29, 1.82) is 0 Å². The minimum absolute atomic E-state index is 0.0489. The molecule has 4 rings (SSSR count). The number of aryl methyl sites for hydroxylation is 2. The quantitative estimate of drug-likeness (QED) is 0.906. The van der Waals surface area contributed by atoms with Crippen molar-refractivity contribution in [3.63, 3.8) is 0 Å². The lowest BCUT2D eigenvalue weighted by Gasteiger charge is -2.35. The lowest BCUT2D eigenvalue weighted by Crippen LogP contribution is -2.46. The molecule has 5 heteroatoms. The van der Waals surface area contributed by atoms with E-state index < -0.39 is 5.60 Å². The van der Waals surface area contributed by atoms with Gasteiger partial charge in [0.2, 0.25) is 0 Å². The molecule has 23 heavy (non-hydrogen) atoms. The van der Waals surface area contributed by atoms with E-state index in [1.165, 1.54) is 0 Å². The summed E-state index contributed by atoms with van der Waals surface area (Å²) in [5, 5.41) is 15.7. The Morgan fingerprint density at radius 1 is 1.22 bits per heavy atom. The van der Waals surface area contributed by atoms with Gasteiger partial charge in [-0.3, -0.25) is 9.48 Å². The van der Waals surface area contributed by atoms with Gasteiger partial charge in [0.1, 0.15) is 5.69 Å². The normalized spacial score (nSPS) is 29.7. The van der Waals surface area contributed by atoms with Crippen molar-refractivity contribution in [1.82, 2.24) is 14.7 Å². The van der Waals surface area contributed by atoms with E-state index in [9.17, 15) is 9.90 Å². The number of aromatic nitrogens is 2. The maximum atomic E-state index is 13.2. The summed E-state index contributed by atoms with van der Waals surface area (Å²) < 4.78 is 1.76. The summed E-state index contributed by atoms with van der Waals surface area (Å²) in [6.45, 7) is 5.27. The van der Waals surface area contributed by atoms with E-state index in [2.05, 4.69) is 18.9 Å². The Balaban J connectivity index is 1.65. The first-order valence-corrected chi connectivity index (χ1v) is 8.90. The minimum Gasteiger partial charge on any atom is -0.387 e. The second kappa shape index (κ2) is 4.82. The van der Waals surface area contributed by atoms with E-state index in [0.717, 1.165) is 55.5 Å². The minimum atomic E-state index is -0.735. The Kier molecular flexibility index (Phi) is 3.18. The topological polar surface area (TPSA) is 58.4 Å². The molecule has 2 heterocycles. The predicted molar refractivity (Wildman–Crippen MR) is 87.2 cm³/mol. The van der Waals surface area contributed by atoms with Gasteiger partial charge in [-0.15, -0.1) is 0 Å². The van der Waals surface area contributed by atoms with E-state index in [-0.39, 0.29) is 11.3 Å². The molecule has 1 aromatic heterocycles. The summed E-state index contributed by atoms with van der Waals surface area (Å²) in [5.74, 6) is 0.406. The number of hydrogen-bond acceptors (Lipinski definition) is 3. The molecule has 1 N–H and O–H groups in total. The highest BCUT2D eigenvalue weighted by Crippen LogP contribution is 2.52. The van der Waals surface area contributed by atoms with Gasteiger partial charge in [-0.2, -0.15) is 5.10 Å². The maximum absolute atomic E-state index is 13.2. The van der Waals surface area contributed by atoms with Crippen LogP contribution >= 0.6 is 0 Å². The Morgan fingerprint density at radius 2 is 1.91 bits per heavy atom. The van der Waals surface area contributed by atoms with E-state index >= 15 is 0 Å². The smallest absolute Gasteiger partial charge is 0.272 e. The molecule has 0 aromatic carbocycles. The number of rotatable bonds is 2. The van der Waals surface area contributed by atoms with E-state index in [1.54, 1.807) is 4.68 Å². The molecule has 1 saturated carbocycles. The fourth-order valence-corrected chi connectivity index (χ4v) is 4.66.